The molecule has 0 atom stereocenters. The SMILES string of the molecule is CCN(CC)CCN1c2ccccc2Cc2ccccc21. The summed E-state index contributed by atoms with van der Waals surface area (Å²) in [4.78, 5) is 4.98. The summed E-state index contributed by atoms with van der Waals surface area (Å²) in [7, 11) is 0. The fourth-order valence-electron chi connectivity index (χ4n) is 3.20. The van der Waals surface area contributed by atoms with Gasteiger partial charge in [-0.25, -0.2) is 0 Å². The normalized spacial score (nSPS) is 13.2. The van der Waals surface area contributed by atoms with E-state index in [0.29, 0.717) is 0 Å². The number of nitrogens with zero attached hydrogens (tertiary/aromatic N) is 2. The summed E-state index contributed by atoms with van der Waals surface area (Å²) in [5.74, 6) is 0. The summed E-state index contributed by atoms with van der Waals surface area (Å²) in [6.45, 7) is 8.87. The van der Waals surface area contributed by atoms with Crippen LogP contribution in [0.5, 0.6) is 0 Å². The van der Waals surface area contributed by atoms with Crippen molar-refractivity contribution in [2.45, 2.75) is 20.3 Å². The molecule has 0 bridgehead atoms. The van der Waals surface area contributed by atoms with Gasteiger partial charge in [0.15, 0.2) is 0 Å². The first kappa shape index (κ1) is 14.2. The smallest absolute Gasteiger partial charge is 0.0447 e. The molecule has 110 valence electrons. The molecule has 0 aromatic heterocycles. The third kappa shape index (κ3) is 2.81. The van der Waals surface area contributed by atoms with Crippen molar-refractivity contribution in [3.63, 3.8) is 0 Å². The predicted octanol–water partition coefficient (Wildman–Crippen LogP) is 4.07. The summed E-state index contributed by atoms with van der Waals surface area (Å²) < 4.78 is 0. The van der Waals surface area contributed by atoms with Gasteiger partial charge in [0, 0.05) is 30.9 Å². The van der Waals surface area contributed by atoms with Gasteiger partial charge in [-0.05, 0) is 36.3 Å². The van der Waals surface area contributed by atoms with Crippen molar-refractivity contribution < 1.29 is 0 Å². The van der Waals surface area contributed by atoms with E-state index in [2.05, 4.69) is 72.2 Å². The number of hydrogen-bond acceptors (Lipinski definition) is 2. The van der Waals surface area contributed by atoms with Crippen LogP contribution in [-0.4, -0.2) is 31.1 Å². The van der Waals surface area contributed by atoms with Crippen LogP contribution in [0.15, 0.2) is 48.5 Å². The number of fused-ring (bicyclic) bond motifs is 2. The van der Waals surface area contributed by atoms with Gasteiger partial charge in [-0.1, -0.05) is 50.2 Å². The average Bonchev–Trinajstić information content (AvgIpc) is 2.54. The van der Waals surface area contributed by atoms with Gasteiger partial charge < -0.3 is 9.80 Å². The average molecular weight is 280 g/mol. The van der Waals surface area contributed by atoms with Crippen molar-refractivity contribution in [1.29, 1.82) is 0 Å². The van der Waals surface area contributed by atoms with Crippen LogP contribution in [-0.2, 0) is 6.42 Å². The highest BCUT2D eigenvalue weighted by molar-refractivity contribution is 5.74. The standard InChI is InChI=1S/C19H24N2/c1-3-20(4-2)13-14-21-18-11-7-5-9-16(18)15-17-10-6-8-12-19(17)21/h5-12H,3-4,13-15H2,1-2H3. The Bertz CT molecular complexity index is 557. The molecule has 0 radical (unpaired) electrons. The van der Waals surface area contributed by atoms with Crippen molar-refractivity contribution in [2.24, 2.45) is 0 Å². The van der Waals surface area contributed by atoms with Gasteiger partial charge in [-0.2, -0.15) is 0 Å². The van der Waals surface area contributed by atoms with Crippen LogP contribution in [0.1, 0.15) is 25.0 Å². The van der Waals surface area contributed by atoms with E-state index in [-0.39, 0.29) is 0 Å². The van der Waals surface area contributed by atoms with Crippen LogP contribution < -0.4 is 4.90 Å². The van der Waals surface area contributed by atoms with Gasteiger partial charge >= 0.3 is 0 Å². The van der Waals surface area contributed by atoms with Crippen molar-refractivity contribution in [3.8, 4) is 0 Å². The topological polar surface area (TPSA) is 6.48 Å². The minimum Gasteiger partial charge on any atom is -0.340 e. The minimum absolute atomic E-state index is 1.05. The van der Waals surface area contributed by atoms with Crippen LogP contribution in [0, 0.1) is 0 Å². The Morgan fingerprint density at radius 2 is 1.38 bits per heavy atom. The lowest BCUT2D eigenvalue weighted by atomic mass is 9.95. The largest absolute Gasteiger partial charge is 0.340 e. The van der Waals surface area contributed by atoms with Crippen LogP contribution in [0.4, 0.5) is 11.4 Å². The number of para-hydroxylation sites is 2. The van der Waals surface area contributed by atoms with Crippen molar-refractivity contribution in [2.75, 3.05) is 31.1 Å². The Balaban J connectivity index is 1.91. The van der Waals surface area contributed by atoms with E-state index in [4.69, 9.17) is 0 Å². The molecule has 0 N–H and O–H groups in total. The third-order valence-electron chi connectivity index (χ3n) is 4.48. The Labute approximate surface area is 128 Å². The maximum absolute atomic E-state index is 2.49. The van der Waals surface area contributed by atoms with Crippen LogP contribution >= 0.6 is 0 Å². The second-order valence-corrected chi connectivity index (χ2v) is 5.61. The van der Waals surface area contributed by atoms with Crippen LogP contribution in [0.3, 0.4) is 0 Å². The molecular formula is C19H24N2. The van der Waals surface area contributed by atoms with Gasteiger partial charge in [-0.15, -0.1) is 0 Å². The Morgan fingerprint density at radius 3 is 1.90 bits per heavy atom. The monoisotopic (exact) mass is 280 g/mol. The first-order valence-electron chi connectivity index (χ1n) is 7.99. The molecule has 1 aliphatic rings. The van der Waals surface area contributed by atoms with Crippen molar-refractivity contribution in [1.82, 2.24) is 4.90 Å². The number of hydrogen-bond donors (Lipinski definition) is 0. The molecular weight excluding hydrogens is 256 g/mol. The van der Waals surface area contributed by atoms with Gasteiger partial charge in [0.05, 0.1) is 0 Å². The number of likely N-dealkylation sites (N-methyl/N-ethyl adjacent to an activating group) is 1. The lowest BCUT2D eigenvalue weighted by molar-refractivity contribution is 0.312. The van der Waals surface area contributed by atoms with E-state index in [0.717, 1.165) is 32.6 Å². The van der Waals surface area contributed by atoms with Gasteiger partial charge in [0.2, 0.25) is 0 Å². The second-order valence-electron chi connectivity index (χ2n) is 5.61. The fraction of sp³-hybridized carbons (Fsp3) is 0.368. The van der Waals surface area contributed by atoms with Gasteiger partial charge in [0.25, 0.3) is 0 Å². The quantitative estimate of drug-likeness (QED) is 0.814. The fourth-order valence-corrected chi connectivity index (χ4v) is 3.20. The van der Waals surface area contributed by atoms with Crippen molar-refractivity contribution in [3.05, 3.63) is 59.7 Å². The summed E-state index contributed by atoms with van der Waals surface area (Å²) in [6.07, 6.45) is 1.05. The van der Waals surface area contributed by atoms with E-state index in [9.17, 15) is 0 Å². The molecule has 2 aromatic rings. The highest BCUT2D eigenvalue weighted by Crippen LogP contribution is 2.37. The lowest BCUT2D eigenvalue weighted by Crippen LogP contribution is -2.34. The highest BCUT2D eigenvalue weighted by atomic mass is 15.2. The molecule has 1 heterocycles. The predicted molar refractivity (Wildman–Crippen MR) is 90.5 cm³/mol. The maximum Gasteiger partial charge on any atom is 0.0447 e. The molecule has 1 aliphatic heterocycles. The van der Waals surface area contributed by atoms with E-state index in [1.165, 1.54) is 22.5 Å². The zero-order chi connectivity index (χ0) is 14.7. The van der Waals surface area contributed by atoms with Crippen LogP contribution in [0.2, 0.25) is 0 Å². The first-order chi connectivity index (χ1) is 10.3. The summed E-state index contributed by atoms with van der Waals surface area (Å²) in [6, 6.07) is 17.6. The van der Waals surface area contributed by atoms with Gasteiger partial charge in [0.1, 0.15) is 0 Å². The molecule has 3 rings (SSSR count). The summed E-state index contributed by atoms with van der Waals surface area (Å²) in [5.41, 5.74) is 5.64. The molecule has 0 saturated carbocycles. The molecule has 0 saturated heterocycles. The summed E-state index contributed by atoms with van der Waals surface area (Å²) in [5, 5.41) is 0. The van der Waals surface area contributed by atoms with E-state index >= 15 is 0 Å². The van der Waals surface area contributed by atoms with Gasteiger partial charge in [-0.3, -0.25) is 0 Å². The number of anilines is 2. The molecule has 21 heavy (non-hydrogen) atoms. The Morgan fingerprint density at radius 1 is 0.857 bits per heavy atom. The first-order valence-corrected chi connectivity index (χ1v) is 7.99. The number of rotatable bonds is 5. The number of benzene rings is 2. The molecule has 0 spiro atoms. The Kier molecular flexibility index (Phi) is 4.26. The van der Waals surface area contributed by atoms with E-state index in [1.54, 1.807) is 0 Å². The molecule has 0 fully saturated rings. The molecule has 0 amide bonds. The lowest BCUT2D eigenvalue weighted by Gasteiger charge is -2.34. The molecule has 2 heteroatoms. The van der Waals surface area contributed by atoms with E-state index < -0.39 is 0 Å². The molecule has 2 aromatic carbocycles. The zero-order valence-corrected chi connectivity index (χ0v) is 13.0. The second kappa shape index (κ2) is 6.31. The Hall–Kier alpha value is -1.80. The molecule has 2 nitrogen and oxygen atoms in total. The van der Waals surface area contributed by atoms with E-state index in [1.807, 2.05) is 0 Å². The molecule has 0 aliphatic carbocycles. The zero-order valence-electron chi connectivity index (χ0n) is 13.0. The molecule has 0 unspecified atom stereocenters. The third-order valence-corrected chi connectivity index (χ3v) is 4.48. The van der Waals surface area contributed by atoms with Crippen LogP contribution in [0.25, 0.3) is 0 Å². The maximum atomic E-state index is 2.49. The highest BCUT2D eigenvalue weighted by Gasteiger charge is 2.21. The van der Waals surface area contributed by atoms with Crippen molar-refractivity contribution >= 4 is 11.4 Å². The summed E-state index contributed by atoms with van der Waals surface area (Å²) >= 11 is 0. The minimum atomic E-state index is 1.05.